The van der Waals surface area contributed by atoms with Gasteiger partial charge in [-0.05, 0) is 32.5 Å². The molecule has 0 rings (SSSR count). The lowest BCUT2D eigenvalue weighted by molar-refractivity contribution is 0.185. The molecule has 0 aromatic rings. The second-order valence-corrected chi connectivity index (χ2v) is 3.73. The van der Waals surface area contributed by atoms with Crippen LogP contribution in [0.3, 0.4) is 0 Å². The summed E-state index contributed by atoms with van der Waals surface area (Å²) < 4.78 is 0. The zero-order chi connectivity index (χ0) is 10.8. The summed E-state index contributed by atoms with van der Waals surface area (Å²) in [7, 11) is 0. The van der Waals surface area contributed by atoms with Crippen molar-refractivity contribution in [2.24, 2.45) is 0 Å². The minimum atomic E-state index is 0.236. The lowest BCUT2D eigenvalue weighted by Crippen LogP contribution is -2.43. The maximum absolute atomic E-state index is 9.18. The van der Waals surface area contributed by atoms with Crippen molar-refractivity contribution >= 4 is 0 Å². The van der Waals surface area contributed by atoms with Crippen LogP contribution in [0.15, 0.2) is 0 Å². The largest absolute Gasteiger partial charge is 0.395 e. The van der Waals surface area contributed by atoms with Crippen molar-refractivity contribution in [1.82, 2.24) is 10.2 Å². The van der Waals surface area contributed by atoms with Gasteiger partial charge in [0.05, 0.1) is 6.61 Å². The number of aliphatic hydroxyl groups excluding tert-OH is 1. The lowest BCUT2D eigenvalue weighted by atomic mass is 10.2. The summed E-state index contributed by atoms with van der Waals surface area (Å²) in [5.41, 5.74) is 0. The summed E-state index contributed by atoms with van der Waals surface area (Å²) in [4.78, 5) is 2.38. The molecule has 3 heteroatoms. The second-order valence-electron chi connectivity index (χ2n) is 3.73. The molecule has 0 bridgehead atoms. The van der Waals surface area contributed by atoms with E-state index in [1.165, 1.54) is 6.42 Å². The number of nitrogens with zero attached hydrogens (tertiary/aromatic N) is 1. The highest BCUT2D eigenvalue weighted by Crippen LogP contribution is 1.94. The first-order valence-electron chi connectivity index (χ1n) is 5.84. The smallest absolute Gasteiger partial charge is 0.0597 e. The van der Waals surface area contributed by atoms with Crippen LogP contribution in [-0.4, -0.2) is 48.8 Å². The van der Waals surface area contributed by atoms with Crippen molar-refractivity contribution in [3.8, 4) is 0 Å². The van der Waals surface area contributed by atoms with Gasteiger partial charge < -0.3 is 15.3 Å². The van der Waals surface area contributed by atoms with Crippen molar-refractivity contribution in [1.29, 1.82) is 0 Å². The average molecular weight is 202 g/mol. The summed E-state index contributed by atoms with van der Waals surface area (Å²) in [6.07, 6.45) is 2.30. The molecule has 0 saturated carbocycles. The van der Waals surface area contributed by atoms with Crippen molar-refractivity contribution in [3.63, 3.8) is 0 Å². The minimum Gasteiger partial charge on any atom is -0.395 e. The van der Waals surface area contributed by atoms with E-state index in [0.29, 0.717) is 0 Å². The van der Waals surface area contributed by atoms with Crippen LogP contribution in [0.1, 0.15) is 33.6 Å². The maximum atomic E-state index is 9.18. The van der Waals surface area contributed by atoms with Crippen LogP contribution in [0.2, 0.25) is 0 Å². The molecule has 0 aromatic carbocycles. The SMILES string of the molecule is CCCNC(CO)CN(CC)CCC. The van der Waals surface area contributed by atoms with E-state index in [2.05, 4.69) is 31.0 Å². The van der Waals surface area contributed by atoms with Crippen LogP contribution in [-0.2, 0) is 0 Å². The Labute approximate surface area is 88.5 Å². The fraction of sp³-hybridized carbons (Fsp3) is 1.00. The van der Waals surface area contributed by atoms with Crippen LogP contribution < -0.4 is 5.32 Å². The van der Waals surface area contributed by atoms with Gasteiger partial charge in [0.25, 0.3) is 0 Å². The Balaban J connectivity index is 3.75. The van der Waals surface area contributed by atoms with E-state index in [1.807, 2.05) is 0 Å². The van der Waals surface area contributed by atoms with Crippen LogP contribution in [0.25, 0.3) is 0 Å². The highest BCUT2D eigenvalue weighted by atomic mass is 16.3. The third-order valence-corrected chi connectivity index (χ3v) is 2.37. The van der Waals surface area contributed by atoms with E-state index < -0.39 is 0 Å². The molecule has 0 aliphatic carbocycles. The molecule has 0 saturated heterocycles. The quantitative estimate of drug-likeness (QED) is 0.587. The van der Waals surface area contributed by atoms with Gasteiger partial charge in [-0.1, -0.05) is 20.8 Å². The molecule has 0 spiro atoms. The van der Waals surface area contributed by atoms with Gasteiger partial charge in [0.2, 0.25) is 0 Å². The highest BCUT2D eigenvalue weighted by Gasteiger charge is 2.10. The van der Waals surface area contributed by atoms with Crippen LogP contribution in [0, 0.1) is 0 Å². The molecule has 1 unspecified atom stereocenters. The van der Waals surface area contributed by atoms with Gasteiger partial charge in [-0.25, -0.2) is 0 Å². The minimum absolute atomic E-state index is 0.236. The zero-order valence-corrected chi connectivity index (χ0v) is 9.92. The number of rotatable bonds is 9. The van der Waals surface area contributed by atoms with Crippen molar-refractivity contribution in [3.05, 3.63) is 0 Å². The van der Waals surface area contributed by atoms with E-state index in [9.17, 15) is 5.11 Å². The van der Waals surface area contributed by atoms with Gasteiger partial charge in [-0.15, -0.1) is 0 Å². The molecule has 0 amide bonds. The number of hydrogen-bond acceptors (Lipinski definition) is 3. The van der Waals surface area contributed by atoms with E-state index in [1.54, 1.807) is 0 Å². The molecule has 0 aromatic heterocycles. The summed E-state index contributed by atoms with van der Waals surface area (Å²) in [5, 5.41) is 12.5. The Morgan fingerprint density at radius 3 is 2.36 bits per heavy atom. The Morgan fingerprint density at radius 2 is 1.93 bits per heavy atom. The van der Waals surface area contributed by atoms with E-state index in [4.69, 9.17) is 0 Å². The van der Waals surface area contributed by atoms with Gasteiger partial charge in [0.15, 0.2) is 0 Å². The monoisotopic (exact) mass is 202 g/mol. The predicted molar refractivity (Wildman–Crippen MR) is 61.6 cm³/mol. The molecule has 0 aliphatic rings. The third kappa shape index (κ3) is 6.35. The number of likely N-dealkylation sites (N-methyl/N-ethyl adjacent to an activating group) is 1. The Kier molecular flexibility index (Phi) is 9.35. The number of aliphatic hydroxyl groups is 1. The molecule has 0 radical (unpaired) electrons. The van der Waals surface area contributed by atoms with Crippen molar-refractivity contribution in [2.45, 2.75) is 39.7 Å². The first-order valence-corrected chi connectivity index (χ1v) is 5.84. The first-order chi connectivity index (χ1) is 6.78. The second kappa shape index (κ2) is 9.44. The molecule has 0 aliphatic heterocycles. The molecule has 3 nitrogen and oxygen atoms in total. The first kappa shape index (κ1) is 13.9. The fourth-order valence-electron chi connectivity index (χ4n) is 1.54. The Hall–Kier alpha value is -0.120. The predicted octanol–water partition coefficient (Wildman–Crippen LogP) is 1.08. The van der Waals surface area contributed by atoms with E-state index in [0.717, 1.165) is 32.6 Å². The van der Waals surface area contributed by atoms with Crippen LogP contribution in [0.5, 0.6) is 0 Å². The average Bonchev–Trinajstić information content (AvgIpc) is 2.22. The van der Waals surface area contributed by atoms with Crippen molar-refractivity contribution in [2.75, 3.05) is 32.8 Å². The standard InChI is InChI=1S/C11H26N2O/c1-4-7-12-11(10-14)9-13(6-3)8-5-2/h11-12,14H,4-10H2,1-3H3. The zero-order valence-electron chi connectivity index (χ0n) is 9.92. The summed E-state index contributed by atoms with van der Waals surface area (Å²) in [6, 6.07) is 0.237. The van der Waals surface area contributed by atoms with Gasteiger partial charge in [0.1, 0.15) is 0 Å². The summed E-state index contributed by atoms with van der Waals surface area (Å²) >= 11 is 0. The summed E-state index contributed by atoms with van der Waals surface area (Å²) in [5.74, 6) is 0. The van der Waals surface area contributed by atoms with Gasteiger partial charge in [-0.3, -0.25) is 0 Å². The fourth-order valence-corrected chi connectivity index (χ4v) is 1.54. The van der Waals surface area contributed by atoms with Gasteiger partial charge in [-0.2, -0.15) is 0 Å². The van der Waals surface area contributed by atoms with Crippen LogP contribution >= 0.6 is 0 Å². The Bertz CT molecular complexity index is 120. The normalized spacial score (nSPS) is 13.5. The molecule has 1 atom stereocenters. The highest BCUT2D eigenvalue weighted by molar-refractivity contribution is 4.70. The lowest BCUT2D eigenvalue weighted by Gasteiger charge is -2.25. The number of hydrogen-bond donors (Lipinski definition) is 2. The molecule has 2 N–H and O–H groups in total. The van der Waals surface area contributed by atoms with Gasteiger partial charge in [0, 0.05) is 12.6 Å². The van der Waals surface area contributed by atoms with Crippen LogP contribution in [0.4, 0.5) is 0 Å². The van der Waals surface area contributed by atoms with E-state index in [-0.39, 0.29) is 12.6 Å². The molecule has 0 heterocycles. The molecule has 14 heavy (non-hydrogen) atoms. The topological polar surface area (TPSA) is 35.5 Å². The maximum Gasteiger partial charge on any atom is 0.0597 e. The third-order valence-electron chi connectivity index (χ3n) is 2.37. The summed E-state index contributed by atoms with van der Waals surface area (Å²) in [6.45, 7) is 10.9. The molecule has 86 valence electrons. The van der Waals surface area contributed by atoms with Gasteiger partial charge >= 0.3 is 0 Å². The molecular formula is C11H26N2O. The molecular weight excluding hydrogens is 176 g/mol. The molecule has 0 fully saturated rings. The Morgan fingerprint density at radius 1 is 1.21 bits per heavy atom. The van der Waals surface area contributed by atoms with E-state index >= 15 is 0 Å². The number of nitrogens with one attached hydrogen (secondary N) is 1. The van der Waals surface area contributed by atoms with Crippen molar-refractivity contribution < 1.29 is 5.11 Å².